The van der Waals surface area contributed by atoms with Gasteiger partial charge in [0.25, 0.3) is 0 Å². The van der Waals surface area contributed by atoms with E-state index in [1.165, 1.54) is 0 Å². The number of ketones is 1. The van der Waals surface area contributed by atoms with E-state index in [1.54, 1.807) is 0 Å². The lowest BCUT2D eigenvalue weighted by molar-refractivity contribution is -0.132. The molecule has 2 aliphatic rings. The van der Waals surface area contributed by atoms with E-state index in [2.05, 4.69) is 49.8 Å². The van der Waals surface area contributed by atoms with Crippen LogP contribution in [0.3, 0.4) is 0 Å². The summed E-state index contributed by atoms with van der Waals surface area (Å²) in [5.41, 5.74) is 0. The van der Waals surface area contributed by atoms with Crippen molar-refractivity contribution in [3.8, 4) is 0 Å². The van der Waals surface area contributed by atoms with Crippen LogP contribution in [-0.2, 0) is 9.22 Å². The van der Waals surface area contributed by atoms with Gasteiger partial charge >= 0.3 is 0 Å². The summed E-state index contributed by atoms with van der Waals surface area (Å²) < 4.78 is 6.44. The number of Topliss-reactive ketones (excluding diaryl/α,β-unsaturated/α-hetero) is 1. The molecule has 98 valence electrons. The molecule has 2 nitrogen and oxygen atoms in total. The summed E-state index contributed by atoms with van der Waals surface area (Å²) in [7, 11) is -1.71. The molecule has 0 aromatic rings. The Labute approximate surface area is 114 Å². The Kier molecular flexibility index (Phi) is 3.37. The van der Waals surface area contributed by atoms with Gasteiger partial charge in [0, 0.05) is 17.2 Å². The zero-order valence-electron chi connectivity index (χ0n) is 11.4. The topological polar surface area (TPSA) is 26.3 Å². The van der Waals surface area contributed by atoms with Gasteiger partial charge < -0.3 is 4.43 Å². The van der Waals surface area contributed by atoms with Gasteiger partial charge in [-0.2, -0.15) is 0 Å². The first-order chi connectivity index (χ1) is 7.63. The van der Waals surface area contributed by atoms with Crippen molar-refractivity contribution < 1.29 is 9.22 Å². The maximum atomic E-state index is 11.5. The predicted octanol–water partition coefficient (Wildman–Crippen LogP) is 3.75. The third-order valence-electron chi connectivity index (χ3n) is 4.87. The fourth-order valence-corrected chi connectivity index (χ4v) is 5.00. The third kappa shape index (κ3) is 2.28. The number of rotatable bonds is 2. The van der Waals surface area contributed by atoms with Crippen molar-refractivity contribution in [1.29, 1.82) is 0 Å². The van der Waals surface area contributed by atoms with E-state index in [0.717, 1.165) is 12.8 Å². The number of fused-ring (bicyclic) bond motifs is 1. The second kappa shape index (κ2) is 4.17. The molecule has 2 fully saturated rings. The van der Waals surface area contributed by atoms with Gasteiger partial charge in [-0.25, -0.2) is 0 Å². The summed E-state index contributed by atoms with van der Waals surface area (Å²) in [5, 5.41) is 0.241. The molecule has 0 aliphatic heterocycles. The van der Waals surface area contributed by atoms with E-state index in [-0.39, 0.29) is 17.1 Å². The van der Waals surface area contributed by atoms with Crippen LogP contribution in [0.5, 0.6) is 0 Å². The molecule has 0 aromatic heterocycles. The lowest BCUT2D eigenvalue weighted by atomic mass is 9.75. The molecule has 4 heteroatoms. The lowest BCUT2D eigenvalue weighted by Gasteiger charge is -2.39. The number of alkyl halides is 1. The average molecular weight is 319 g/mol. The van der Waals surface area contributed by atoms with Crippen molar-refractivity contribution in [2.75, 3.05) is 0 Å². The molecule has 0 aromatic carbocycles. The molecule has 0 N–H and O–H groups in total. The van der Waals surface area contributed by atoms with Crippen molar-refractivity contribution in [3.63, 3.8) is 0 Å². The Morgan fingerprint density at radius 3 is 2.35 bits per heavy atom. The van der Waals surface area contributed by atoms with Crippen molar-refractivity contribution >= 4 is 30.0 Å². The Morgan fingerprint density at radius 2 is 1.94 bits per heavy atom. The largest absolute Gasteiger partial charge is 0.413 e. The molecule has 0 amide bonds. The average Bonchev–Trinajstić information content (AvgIpc) is 2.39. The van der Waals surface area contributed by atoms with Crippen molar-refractivity contribution in [3.05, 3.63) is 0 Å². The van der Waals surface area contributed by atoms with Crippen LogP contribution in [0.2, 0.25) is 18.1 Å². The summed E-state index contributed by atoms with van der Waals surface area (Å²) in [6.45, 7) is 11.4. The first-order valence-electron chi connectivity index (χ1n) is 6.48. The van der Waals surface area contributed by atoms with Gasteiger partial charge in [0.1, 0.15) is 5.78 Å². The highest BCUT2D eigenvalue weighted by molar-refractivity contribution is 9.09. The Morgan fingerprint density at radius 1 is 1.35 bits per heavy atom. The first kappa shape index (κ1) is 13.8. The predicted molar refractivity (Wildman–Crippen MR) is 76.0 cm³/mol. The normalized spacial score (nSPS) is 37.9. The molecule has 0 radical (unpaired) electrons. The van der Waals surface area contributed by atoms with Crippen LogP contribution >= 0.6 is 15.9 Å². The van der Waals surface area contributed by atoms with E-state index in [9.17, 15) is 4.79 Å². The zero-order valence-corrected chi connectivity index (χ0v) is 14.0. The van der Waals surface area contributed by atoms with Gasteiger partial charge in [0.15, 0.2) is 8.32 Å². The van der Waals surface area contributed by atoms with Crippen LogP contribution in [0.25, 0.3) is 0 Å². The van der Waals surface area contributed by atoms with Crippen LogP contribution < -0.4 is 0 Å². The molecule has 0 heterocycles. The summed E-state index contributed by atoms with van der Waals surface area (Å²) in [5.74, 6) is 1.27. The van der Waals surface area contributed by atoms with Gasteiger partial charge in [0.2, 0.25) is 0 Å². The standard InChI is InChI=1S/C13H23BrO2Si/c1-13(2,3)17(4,5)16-11-7-8-9(12(11)14)6-10(8)15/h8-9,11-12H,6-7H2,1-5H3/t8-,9-,11?,12+/m1/s1. The monoisotopic (exact) mass is 318 g/mol. The van der Waals surface area contributed by atoms with Crippen LogP contribution in [0, 0.1) is 11.8 Å². The maximum Gasteiger partial charge on any atom is 0.192 e. The van der Waals surface area contributed by atoms with E-state index < -0.39 is 8.32 Å². The minimum atomic E-state index is -1.71. The molecule has 2 saturated carbocycles. The molecule has 1 unspecified atom stereocenters. The zero-order chi connectivity index (χ0) is 13.0. The van der Waals surface area contributed by atoms with Gasteiger partial charge in [-0.3, -0.25) is 4.79 Å². The molecule has 0 bridgehead atoms. The first-order valence-corrected chi connectivity index (χ1v) is 10.3. The number of halogens is 1. The fraction of sp³-hybridized carbons (Fsp3) is 0.923. The van der Waals surface area contributed by atoms with Gasteiger partial charge in [0.05, 0.1) is 6.10 Å². The summed E-state index contributed by atoms with van der Waals surface area (Å²) in [6.07, 6.45) is 1.95. The molecular weight excluding hydrogens is 296 g/mol. The highest BCUT2D eigenvalue weighted by Crippen LogP contribution is 2.50. The molecular formula is C13H23BrO2Si. The Balaban J connectivity index is 2.03. The molecule has 4 atom stereocenters. The lowest BCUT2D eigenvalue weighted by Crippen LogP contribution is -2.45. The Bertz CT molecular complexity index is 335. The van der Waals surface area contributed by atoms with Crippen LogP contribution in [0.15, 0.2) is 0 Å². The second-order valence-corrected chi connectivity index (χ2v) is 12.9. The van der Waals surface area contributed by atoms with Gasteiger partial charge in [-0.1, -0.05) is 36.7 Å². The summed E-state index contributed by atoms with van der Waals surface area (Å²) >= 11 is 3.75. The second-order valence-electron chi connectivity index (χ2n) is 7.04. The smallest absolute Gasteiger partial charge is 0.192 e. The highest BCUT2D eigenvalue weighted by Gasteiger charge is 2.54. The highest BCUT2D eigenvalue weighted by atomic mass is 79.9. The van der Waals surface area contributed by atoms with Crippen molar-refractivity contribution in [2.45, 2.75) is 62.7 Å². The van der Waals surface area contributed by atoms with E-state index >= 15 is 0 Å². The molecule has 0 saturated heterocycles. The molecule has 2 rings (SSSR count). The van der Waals surface area contributed by atoms with Crippen LogP contribution in [0.4, 0.5) is 0 Å². The van der Waals surface area contributed by atoms with E-state index in [1.807, 2.05) is 0 Å². The fourth-order valence-electron chi connectivity index (χ4n) is 2.57. The minimum Gasteiger partial charge on any atom is -0.413 e. The van der Waals surface area contributed by atoms with Crippen molar-refractivity contribution in [2.24, 2.45) is 11.8 Å². The molecule has 2 aliphatic carbocycles. The summed E-state index contributed by atoms with van der Waals surface area (Å²) in [6, 6.07) is 0. The summed E-state index contributed by atoms with van der Waals surface area (Å²) in [4.78, 5) is 11.9. The SMILES string of the molecule is CC(C)(C)[Si](C)(C)OC1C[C@H]2C(=O)C[C@H]2[C@@H]1Br. The molecule has 0 spiro atoms. The van der Waals surface area contributed by atoms with Crippen LogP contribution in [-0.4, -0.2) is 25.0 Å². The Hall–Kier alpha value is 0.327. The van der Waals surface area contributed by atoms with Gasteiger partial charge in [-0.15, -0.1) is 0 Å². The van der Waals surface area contributed by atoms with E-state index in [4.69, 9.17) is 4.43 Å². The number of carbonyl (C=O) groups is 1. The minimum absolute atomic E-state index is 0.241. The van der Waals surface area contributed by atoms with Crippen molar-refractivity contribution in [1.82, 2.24) is 0 Å². The third-order valence-corrected chi connectivity index (χ3v) is 10.6. The van der Waals surface area contributed by atoms with Gasteiger partial charge in [-0.05, 0) is 30.5 Å². The maximum absolute atomic E-state index is 11.5. The number of hydrogen-bond acceptors (Lipinski definition) is 2. The quantitative estimate of drug-likeness (QED) is 0.572. The number of carbonyl (C=O) groups excluding carboxylic acids is 1. The van der Waals surface area contributed by atoms with E-state index in [0.29, 0.717) is 16.5 Å². The molecule has 17 heavy (non-hydrogen) atoms. The van der Waals surface area contributed by atoms with Crippen LogP contribution in [0.1, 0.15) is 33.6 Å². The number of hydrogen-bond donors (Lipinski definition) is 0.